The molecular formula is C37H64N2+2. The second-order valence-corrected chi connectivity index (χ2v) is 14.2. The quantitative estimate of drug-likeness (QED) is 0.117. The zero-order valence-electron chi connectivity index (χ0n) is 27.3. The number of nitrogens with zero attached hydrogens (tertiary/aromatic N) is 2. The monoisotopic (exact) mass is 537 g/mol. The lowest BCUT2D eigenvalue weighted by atomic mass is 9.84. The minimum absolute atomic E-state index is 0.574. The maximum atomic E-state index is 2.42. The van der Waals surface area contributed by atoms with Gasteiger partial charge < -0.3 is 8.97 Å². The molecule has 0 spiro atoms. The van der Waals surface area contributed by atoms with Crippen LogP contribution in [0, 0.1) is 0 Å². The van der Waals surface area contributed by atoms with Gasteiger partial charge in [-0.15, -0.1) is 0 Å². The van der Waals surface area contributed by atoms with Crippen molar-refractivity contribution in [3.63, 3.8) is 0 Å². The van der Waals surface area contributed by atoms with Crippen molar-refractivity contribution < 1.29 is 8.97 Å². The molecule has 2 rings (SSSR count). The molecule has 2 atom stereocenters. The fourth-order valence-electron chi connectivity index (χ4n) is 6.10. The maximum Gasteiger partial charge on any atom is 0.104 e. The van der Waals surface area contributed by atoms with Crippen LogP contribution in [0.4, 0.5) is 0 Å². The molecule has 0 aromatic heterocycles. The van der Waals surface area contributed by atoms with E-state index in [1.807, 2.05) is 0 Å². The summed E-state index contributed by atoms with van der Waals surface area (Å²) in [5.74, 6) is 1.19. The van der Waals surface area contributed by atoms with Gasteiger partial charge in [-0.1, -0.05) is 121 Å². The SMILES string of the molecule is CCCCCCCCCCCC[N+](C)(C)Cc1ccc(C(CC)CC(C)c2ccc(C[N+](C)(C)C)cc2)cc1. The molecule has 0 saturated heterocycles. The molecule has 0 heterocycles. The highest BCUT2D eigenvalue weighted by Crippen LogP contribution is 2.32. The number of benzene rings is 2. The molecule has 0 aliphatic rings. The van der Waals surface area contributed by atoms with E-state index in [-0.39, 0.29) is 0 Å². The van der Waals surface area contributed by atoms with Crippen LogP contribution in [0.1, 0.15) is 132 Å². The summed E-state index contributed by atoms with van der Waals surface area (Å²) in [4.78, 5) is 0. The molecule has 2 unspecified atom stereocenters. The van der Waals surface area contributed by atoms with Gasteiger partial charge >= 0.3 is 0 Å². The van der Waals surface area contributed by atoms with Crippen molar-refractivity contribution >= 4 is 0 Å². The molecule has 0 saturated carbocycles. The Morgan fingerprint density at radius 2 is 1.03 bits per heavy atom. The molecule has 0 radical (unpaired) electrons. The molecule has 220 valence electrons. The molecule has 2 aromatic carbocycles. The molecule has 0 aliphatic carbocycles. The summed E-state index contributed by atoms with van der Waals surface area (Å²) < 4.78 is 2.06. The maximum absolute atomic E-state index is 2.42. The third-order valence-corrected chi connectivity index (χ3v) is 8.52. The highest BCUT2D eigenvalue weighted by atomic mass is 15.3. The van der Waals surface area contributed by atoms with Crippen molar-refractivity contribution in [2.24, 2.45) is 0 Å². The molecule has 0 bridgehead atoms. The first-order valence-corrected chi connectivity index (χ1v) is 16.3. The van der Waals surface area contributed by atoms with E-state index >= 15 is 0 Å². The van der Waals surface area contributed by atoms with Gasteiger partial charge in [-0.25, -0.2) is 0 Å². The zero-order chi connectivity index (χ0) is 28.7. The lowest BCUT2D eigenvalue weighted by Crippen LogP contribution is -2.39. The van der Waals surface area contributed by atoms with Gasteiger partial charge in [0.1, 0.15) is 13.1 Å². The minimum atomic E-state index is 0.574. The average molecular weight is 537 g/mol. The van der Waals surface area contributed by atoms with E-state index in [1.54, 1.807) is 0 Å². The molecule has 39 heavy (non-hydrogen) atoms. The Balaban J connectivity index is 1.77. The topological polar surface area (TPSA) is 0 Å². The normalized spacial score (nSPS) is 13.9. The molecule has 0 N–H and O–H groups in total. The van der Waals surface area contributed by atoms with Crippen molar-refractivity contribution in [2.75, 3.05) is 41.8 Å². The van der Waals surface area contributed by atoms with E-state index in [2.05, 4.69) is 105 Å². The lowest BCUT2D eigenvalue weighted by Gasteiger charge is -2.30. The summed E-state index contributed by atoms with van der Waals surface area (Å²) in [6.07, 6.45) is 16.5. The highest BCUT2D eigenvalue weighted by Gasteiger charge is 2.18. The third-order valence-electron chi connectivity index (χ3n) is 8.52. The Hall–Kier alpha value is -1.64. The zero-order valence-corrected chi connectivity index (χ0v) is 27.3. The highest BCUT2D eigenvalue weighted by molar-refractivity contribution is 5.28. The summed E-state index contributed by atoms with van der Waals surface area (Å²) in [6.45, 7) is 10.5. The van der Waals surface area contributed by atoms with E-state index in [4.69, 9.17) is 0 Å². The molecular weight excluding hydrogens is 472 g/mol. The average Bonchev–Trinajstić information content (AvgIpc) is 2.88. The molecule has 2 nitrogen and oxygen atoms in total. The van der Waals surface area contributed by atoms with Crippen LogP contribution in [0.5, 0.6) is 0 Å². The van der Waals surface area contributed by atoms with Gasteiger partial charge in [-0.05, 0) is 48.6 Å². The molecule has 2 heteroatoms. The number of unbranched alkanes of at least 4 members (excludes halogenated alkanes) is 9. The Bertz CT molecular complexity index is 889. The van der Waals surface area contributed by atoms with Crippen molar-refractivity contribution in [3.05, 3.63) is 70.8 Å². The van der Waals surface area contributed by atoms with E-state index in [1.165, 1.54) is 106 Å². The van der Waals surface area contributed by atoms with Crippen LogP contribution in [0.3, 0.4) is 0 Å². The van der Waals surface area contributed by atoms with Gasteiger partial charge in [-0.3, -0.25) is 0 Å². The first-order chi connectivity index (χ1) is 18.5. The Morgan fingerprint density at radius 1 is 0.564 bits per heavy atom. The molecule has 0 fully saturated rings. The molecule has 2 aromatic rings. The fraction of sp³-hybridized carbons (Fsp3) is 0.676. The van der Waals surface area contributed by atoms with E-state index < -0.39 is 0 Å². The second-order valence-electron chi connectivity index (χ2n) is 14.2. The summed E-state index contributed by atoms with van der Waals surface area (Å²) in [7, 11) is 11.6. The van der Waals surface area contributed by atoms with Crippen LogP contribution in [-0.4, -0.2) is 50.7 Å². The predicted octanol–water partition coefficient (Wildman–Crippen LogP) is 10.1. The van der Waals surface area contributed by atoms with Gasteiger partial charge in [0.25, 0.3) is 0 Å². The number of quaternary nitrogens is 2. The fourth-order valence-corrected chi connectivity index (χ4v) is 6.10. The van der Waals surface area contributed by atoms with Gasteiger partial charge in [-0.2, -0.15) is 0 Å². The van der Waals surface area contributed by atoms with E-state index in [0.717, 1.165) is 22.1 Å². The minimum Gasteiger partial charge on any atom is -0.327 e. The lowest BCUT2D eigenvalue weighted by molar-refractivity contribution is -0.903. The van der Waals surface area contributed by atoms with Gasteiger partial charge in [0.15, 0.2) is 0 Å². The summed E-state index contributed by atoms with van der Waals surface area (Å²) in [5.41, 5.74) is 5.89. The van der Waals surface area contributed by atoms with Crippen LogP contribution in [-0.2, 0) is 13.1 Å². The predicted molar refractivity (Wildman–Crippen MR) is 173 cm³/mol. The van der Waals surface area contributed by atoms with Crippen LogP contribution in [0.25, 0.3) is 0 Å². The Morgan fingerprint density at radius 3 is 1.51 bits per heavy atom. The number of rotatable bonds is 20. The summed E-state index contributed by atoms with van der Waals surface area (Å²) in [6, 6.07) is 19.0. The number of hydrogen-bond donors (Lipinski definition) is 0. The van der Waals surface area contributed by atoms with Gasteiger partial charge in [0, 0.05) is 11.1 Å². The summed E-state index contributed by atoms with van der Waals surface area (Å²) in [5, 5.41) is 0. The van der Waals surface area contributed by atoms with Gasteiger partial charge in [0.2, 0.25) is 0 Å². The standard InChI is InChI=1S/C37H64N2/c1-9-11-12-13-14-15-16-17-18-19-28-39(7,8)31-34-22-26-37(27-23-34)35(10-2)29-32(3)36-24-20-33(21-25-36)30-38(4,5)6/h20-27,32,35H,9-19,28-31H2,1-8H3/q+2. The van der Waals surface area contributed by atoms with Crippen molar-refractivity contribution in [2.45, 2.75) is 123 Å². The molecule has 0 aliphatic heterocycles. The van der Waals surface area contributed by atoms with Crippen LogP contribution < -0.4 is 0 Å². The van der Waals surface area contributed by atoms with Crippen LogP contribution in [0.2, 0.25) is 0 Å². The van der Waals surface area contributed by atoms with Crippen LogP contribution >= 0.6 is 0 Å². The second kappa shape index (κ2) is 17.2. The first kappa shape index (κ1) is 33.6. The van der Waals surface area contributed by atoms with E-state index in [0.29, 0.717) is 11.8 Å². The molecule has 0 amide bonds. The van der Waals surface area contributed by atoms with Crippen molar-refractivity contribution in [3.8, 4) is 0 Å². The van der Waals surface area contributed by atoms with Crippen molar-refractivity contribution in [1.29, 1.82) is 0 Å². The Kier molecular flexibility index (Phi) is 14.8. The largest absolute Gasteiger partial charge is 0.327 e. The van der Waals surface area contributed by atoms with Crippen molar-refractivity contribution in [1.82, 2.24) is 0 Å². The van der Waals surface area contributed by atoms with Gasteiger partial charge in [0.05, 0.1) is 41.8 Å². The third kappa shape index (κ3) is 14.0. The summed E-state index contributed by atoms with van der Waals surface area (Å²) >= 11 is 0. The van der Waals surface area contributed by atoms with E-state index in [9.17, 15) is 0 Å². The van der Waals surface area contributed by atoms with Crippen LogP contribution in [0.15, 0.2) is 48.5 Å². The first-order valence-electron chi connectivity index (χ1n) is 16.3. The number of hydrogen-bond acceptors (Lipinski definition) is 0. The smallest absolute Gasteiger partial charge is 0.104 e. The Labute approximate surface area is 244 Å².